The Hall–Kier alpha value is -2.89. The van der Waals surface area contributed by atoms with Crippen molar-refractivity contribution >= 4 is 17.0 Å². The van der Waals surface area contributed by atoms with Crippen molar-refractivity contribution in [3.63, 3.8) is 0 Å². The Bertz CT molecular complexity index is 827. The van der Waals surface area contributed by atoms with E-state index in [4.69, 9.17) is 4.74 Å². The first kappa shape index (κ1) is 12.2. The Morgan fingerprint density at radius 3 is 2.90 bits per heavy atom. The lowest BCUT2D eigenvalue weighted by Crippen LogP contribution is -2.09. The molecule has 0 bridgehead atoms. The standard InChI is InChI=1S/C14H10N2O4/c1-16-8-15-11-6-10(3-4-12(11)16)20-14(18)9-2-5-13(17)19-7-9/h2-8H,1H3. The summed E-state index contributed by atoms with van der Waals surface area (Å²) in [6.07, 6.45) is 2.76. The van der Waals surface area contributed by atoms with Gasteiger partial charge in [-0.15, -0.1) is 0 Å². The monoisotopic (exact) mass is 270 g/mol. The van der Waals surface area contributed by atoms with Gasteiger partial charge in [0.15, 0.2) is 0 Å². The zero-order valence-corrected chi connectivity index (χ0v) is 10.6. The predicted molar refractivity (Wildman–Crippen MR) is 70.7 cm³/mol. The van der Waals surface area contributed by atoms with Crippen LogP contribution in [0, 0.1) is 0 Å². The van der Waals surface area contributed by atoms with Crippen molar-refractivity contribution in [3.8, 4) is 5.75 Å². The molecule has 2 heterocycles. The molecule has 100 valence electrons. The highest BCUT2D eigenvalue weighted by molar-refractivity contribution is 5.91. The Morgan fingerprint density at radius 1 is 1.30 bits per heavy atom. The Kier molecular flexibility index (Phi) is 2.83. The lowest BCUT2D eigenvalue weighted by molar-refractivity contribution is 0.0732. The number of rotatable bonds is 2. The minimum absolute atomic E-state index is 0.172. The molecule has 0 spiro atoms. The van der Waals surface area contributed by atoms with Gasteiger partial charge in [-0.2, -0.15) is 0 Å². The Labute approximate surface area is 113 Å². The van der Waals surface area contributed by atoms with Crippen molar-refractivity contribution in [2.24, 2.45) is 7.05 Å². The molecule has 0 unspecified atom stereocenters. The second-order valence-electron chi connectivity index (χ2n) is 4.24. The van der Waals surface area contributed by atoms with E-state index in [1.165, 1.54) is 12.1 Å². The molecule has 0 saturated carbocycles. The van der Waals surface area contributed by atoms with E-state index in [1.54, 1.807) is 18.5 Å². The van der Waals surface area contributed by atoms with Gasteiger partial charge in [0.25, 0.3) is 0 Å². The topological polar surface area (TPSA) is 74.3 Å². The maximum atomic E-state index is 11.9. The zero-order valence-electron chi connectivity index (χ0n) is 10.6. The number of ether oxygens (including phenoxy) is 1. The van der Waals surface area contributed by atoms with E-state index in [0.29, 0.717) is 5.75 Å². The molecule has 0 aliphatic heterocycles. The molecule has 20 heavy (non-hydrogen) atoms. The number of esters is 1. The molecule has 0 N–H and O–H groups in total. The van der Waals surface area contributed by atoms with Gasteiger partial charge in [-0.05, 0) is 18.2 Å². The smallest absolute Gasteiger partial charge is 0.346 e. The van der Waals surface area contributed by atoms with Crippen LogP contribution in [0.15, 0.2) is 52.1 Å². The van der Waals surface area contributed by atoms with Crippen LogP contribution in [0.3, 0.4) is 0 Å². The average molecular weight is 270 g/mol. The summed E-state index contributed by atoms with van der Waals surface area (Å²) in [6.45, 7) is 0. The Balaban J connectivity index is 1.87. The van der Waals surface area contributed by atoms with E-state index in [1.807, 2.05) is 17.7 Å². The average Bonchev–Trinajstić information content (AvgIpc) is 2.81. The molecule has 1 aromatic carbocycles. The summed E-state index contributed by atoms with van der Waals surface area (Å²) >= 11 is 0. The van der Waals surface area contributed by atoms with E-state index in [-0.39, 0.29) is 5.56 Å². The normalized spacial score (nSPS) is 10.7. The molecule has 0 amide bonds. The highest BCUT2D eigenvalue weighted by atomic mass is 16.5. The van der Waals surface area contributed by atoms with E-state index in [2.05, 4.69) is 9.40 Å². The highest BCUT2D eigenvalue weighted by Crippen LogP contribution is 2.20. The third-order valence-electron chi connectivity index (χ3n) is 2.84. The van der Waals surface area contributed by atoms with Gasteiger partial charge in [-0.1, -0.05) is 0 Å². The summed E-state index contributed by atoms with van der Waals surface area (Å²) in [7, 11) is 1.88. The van der Waals surface area contributed by atoms with Gasteiger partial charge < -0.3 is 13.7 Å². The quantitative estimate of drug-likeness (QED) is 0.524. The van der Waals surface area contributed by atoms with Crippen LogP contribution in [0.4, 0.5) is 0 Å². The van der Waals surface area contributed by atoms with Crippen LogP contribution >= 0.6 is 0 Å². The molecule has 0 atom stereocenters. The van der Waals surface area contributed by atoms with Gasteiger partial charge in [-0.3, -0.25) is 0 Å². The molecule has 6 nitrogen and oxygen atoms in total. The Morgan fingerprint density at radius 2 is 2.15 bits per heavy atom. The van der Waals surface area contributed by atoms with Gasteiger partial charge in [0.2, 0.25) is 0 Å². The number of aromatic nitrogens is 2. The number of aryl methyl sites for hydroxylation is 1. The van der Waals surface area contributed by atoms with Crippen LogP contribution in [0.2, 0.25) is 0 Å². The van der Waals surface area contributed by atoms with Crippen LogP contribution in [0.5, 0.6) is 5.75 Å². The fourth-order valence-corrected chi connectivity index (χ4v) is 1.82. The highest BCUT2D eigenvalue weighted by Gasteiger charge is 2.10. The van der Waals surface area contributed by atoms with Crippen molar-refractivity contribution in [3.05, 3.63) is 58.9 Å². The van der Waals surface area contributed by atoms with Crippen LogP contribution in [0.1, 0.15) is 10.4 Å². The molecule has 0 aliphatic rings. The summed E-state index contributed by atoms with van der Waals surface area (Å²) < 4.78 is 11.7. The number of imidazole rings is 1. The van der Waals surface area contributed by atoms with Gasteiger partial charge >= 0.3 is 11.6 Å². The third-order valence-corrected chi connectivity index (χ3v) is 2.84. The van der Waals surface area contributed by atoms with E-state index >= 15 is 0 Å². The number of benzene rings is 1. The molecule has 2 aromatic heterocycles. The van der Waals surface area contributed by atoms with Gasteiger partial charge in [-0.25, -0.2) is 14.6 Å². The van der Waals surface area contributed by atoms with E-state index in [0.717, 1.165) is 17.3 Å². The molecule has 0 fully saturated rings. The van der Waals surface area contributed by atoms with Gasteiger partial charge in [0.1, 0.15) is 12.0 Å². The number of carbonyl (C=O) groups excluding carboxylic acids is 1. The minimum atomic E-state index is -0.593. The van der Waals surface area contributed by atoms with Crippen molar-refractivity contribution in [2.45, 2.75) is 0 Å². The van der Waals surface area contributed by atoms with Crippen molar-refractivity contribution in [1.29, 1.82) is 0 Å². The van der Waals surface area contributed by atoms with Crippen molar-refractivity contribution < 1.29 is 13.9 Å². The maximum absolute atomic E-state index is 11.9. The first-order chi connectivity index (χ1) is 9.63. The molecule has 0 saturated heterocycles. The molecule has 0 aliphatic carbocycles. The molecule has 3 aromatic rings. The van der Waals surface area contributed by atoms with E-state index < -0.39 is 11.6 Å². The van der Waals surface area contributed by atoms with Crippen LogP contribution in [-0.2, 0) is 7.05 Å². The molecule has 6 heteroatoms. The van der Waals surface area contributed by atoms with Crippen molar-refractivity contribution in [2.75, 3.05) is 0 Å². The third kappa shape index (κ3) is 2.18. The first-order valence-electron chi connectivity index (χ1n) is 5.85. The second kappa shape index (κ2) is 4.65. The van der Waals surface area contributed by atoms with Crippen LogP contribution in [0.25, 0.3) is 11.0 Å². The van der Waals surface area contributed by atoms with Crippen LogP contribution in [-0.4, -0.2) is 15.5 Å². The zero-order chi connectivity index (χ0) is 14.1. The largest absolute Gasteiger partial charge is 0.430 e. The molecule has 0 radical (unpaired) electrons. The number of nitrogens with zero attached hydrogens (tertiary/aromatic N) is 2. The van der Waals surface area contributed by atoms with Crippen molar-refractivity contribution in [1.82, 2.24) is 9.55 Å². The molecule has 3 rings (SSSR count). The van der Waals surface area contributed by atoms with Gasteiger partial charge in [0, 0.05) is 19.2 Å². The lowest BCUT2D eigenvalue weighted by atomic mass is 10.3. The summed E-state index contributed by atoms with van der Waals surface area (Å²) in [5.74, 6) is -0.212. The molecular weight excluding hydrogens is 260 g/mol. The van der Waals surface area contributed by atoms with Crippen LogP contribution < -0.4 is 10.4 Å². The lowest BCUT2D eigenvalue weighted by Gasteiger charge is -2.03. The number of fused-ring (bicyclic) bond motifs is 1. The van der Waals surface area contributed by atoms with E-state index in [9.17, 15) is 9.59 Å². The summed E-state index contributed by atoms with van der Waals surface area (Å²) in [4.78, 5) is 26.9. The maximum Gasteiger partial charge on any atom is 0.346 e. The number of hydrogen-bond donors (Lipinski definition) is 0. The fourth-order valence-electron chi connectivity index (χ4n) is 1.82. The number of carbonyl (C=O) groups is 1. The first-order valence-corrected chi connectivity index (χ1v) is 5.85. The minimum Gasteiger partial charge on any atom is -0.430 e. The predicted octanol–water partition coefficient (Wildman–Crippen LogP) is 1.75. The van der Waals surface area contributed by atoms with Gasteiger partial charge in [0.05, 0.1) is 22.9 Å². The summed E-state index contributed by atoms with van der Waals surface area (Å²) in [5.41, 5.74) is 1.33. The summed E-state index contributed by atoms with van der Waals surface area (Å²) in [6, 6.07) is 7.69. The second-order valence-corrected chi connectivity index (χ2v) is 4.24. The SMILES string of the molecule is Cn1cnc2cc(OC(=O)c3ccc(=O)oc3)ccc21. The molecular formula is C14H10N2O4. The fraction of sp³-hybridized carbons (Fsp3) is 0.0714. The summed E-state index contributed by atoms with van der Waals surface area (Å²) in [5, 5.41) is 0. The number of hydrogen-bond acceptors (Lipinski definition) is 5.